The monoisotopic (exact) mass is 439 g/mol. The number of hydrogen-bond acceptors (Lipinski definition) is 3. The van der Waals surface area contributed by atoms with Gasteiger partial charge in [-0.25, -0.2) is 4.39 Å². The summed E-state index contributed by atoms with van der Waals surface area (Å²) < 4.78 is 51.2. The van der Waals surface area contributed by atoms with Gasteiger partial charge in [0.15, 0.2) is 0 Å². The minimum Gasteiger partial charge on any atom is -0.368 e. The summed E-state index contributed by atoms with van der Waals surface area (Å²) in [6.45, 7) is 1.21. The molecule has 0 fully saturated rings. The Labute approximate surface area is 175 Å². The normalized spacial score (nSPS) is 13.2. The topological polar surface area (TPSA) is 101 Å². The Balaban J connectivity index is 2.12. The van der Waals surface area contributed by atoms with Gasteiger partial charge in [0, 0.05) is 19.8 Å². The fourth-order valence-corrected chi connectivity index (χ4v) is 2.87. The molecule has 0 bridgehead atoms. The number of primary amides is 1. The second-order valence-electron chi connectivity index (χ2n) is 6.95. The predicted molar refractivity (Wildman–Crippen MR) is 104 cm³/mol. The molecule has 0 spiro atoms. The lowest BCUT2D eigenvalue weighted by atomic mass is 10.0. The molecule has 2 atom stereocenters. The van der Waals surface area contributed by atoms with Crippen molar-refractivity contribution in [2.45, 2.75) is 38.0 Å². The molecule has 0 radical (unpaired) electrons. The van der Waals surface area contributed by atoms with E-state index in [0.717, 1.165) is 12.1 Å². The molecule has 166 valence electrons. The van der Waals surface area contributed by atoms with E-state index in [1.165, 1.54) is 43.3 Å². The van der Waals surface area contributed by atoms with E-state index in [2.05, 4.69) is 10.6 Å². The molecule has 0 unspecified atom stereocenters. The Kier molecular flexibility index (Phi) is 7.73. The quantitative estimate of drug-likeness (QED) is 0.549. The highest BCUT2D eigenvalue weighted by Gasteiger charge is 2.30. The SMILES string of the molecule is CC(=O)N[C@@H](Cc1ccc(F)cc1)C(=O)N[C@@H](Cc1ccc(C(F)(F)F)cc1)C(N)=O. The van der Waals surface area contributed by atoms with E-state index in [0.29, 0.717) is 11.1 Å². The summed E-state index contributed by atoms with van der Waals surface area (Å²) in [5, 5.41) is 4.88. The predicted octanol–water partition coefficient (Wildman–Crippen LogP) is 2.10. The molecular formula is C21H21F4N3O3. The van der Waals surface area contributed by atoms with Crippen molar-refractivity contribution in [3.05, 3.63) is 71.0 Å². The Bertz CT molecular complexity index is 928. The average molecular weight is 439 g/mol. The zero-order valence-corrected chi connectivity index (χ0v) is 16.5. The minimum absolute atomic E-state index is 0.0253. The molecule has 2 aromatic carbocycles. The number of carbonyl (C=O) groups excluding carboxylic acids is 3. The van der Waals surface area contributed by atoms with Crippen LogP contribution in [0.15, 0.2) is 48.5 Å². The van der Waals surface area contributed by atoms with Gasteiger partial charge in [0.2, 0.25) is 17.7 Å². The first-order chi connectivity index (χ1) is 14.5. The van der Waals surface area contributed by atoms with Crippen LogP contribution in [-0.2, 0) is 33.4 Å². The van der Waals surface area contributed by atoms with Crippen molar-refractivity contribution >= 4 is 17.7 Å². The van der Waals surface area contributed by atoms with E-state index >= 15 is 0 Å². The first-order valence-corrected chi connectivity index (χ1v) is 9.23. The van der Waals surface area contributed by atoms with Crippen LogP contribution in [0.25, 0.3) is 0 Å². The Hall–Kier alpha value is -3.43. The fourth-order valence-electron chi connectivity index (χ4n) is 2.87. The maximum atomic E-state index is 13.1. The lowest BCUT2D eigenvalue weighted by Crippen LogP contribution is -2.54. The van der Waals surface area contributed by atoms with Gasteiger partial charge >= 0.3 is 6.18 Å². The van der Waals surface area contributed by atoms with E-state index in [4.69, 9.17) is 5.73 Å². The standard InChI is InChI=1S/C21H21F4N3O3/c1-12(29)27-18(11-14-4-8-16(22)9-5-14)20(31)28-17(19(26)30)10-13-2-6-15(7-3-13)21(23,24)25/h2-9,17-18H,10-11H2,1H3,(H2,26,30)(H,27,29)(H,28,31)/t17-,18-/m0/s1. The molecule has 0 aromatic heterocycles. The molecule has 0 aliphatic heterocycles. The molecule has 31 heavy (non-hydrogen) atoms. The van der Waals surface area contributed by atoms with Crippen LogP contribution in [0.3, 0.4) is 0 Å². The number of amides is 3. The summed E-state index contributed by atoms with van der Waals surface area (Å²) in [5.41, 5.74) is 5.41. The van der Waals surface area contributed by atoms with E-state index in [1.807, 2.05) is 0 Å². The molecule has 4 N–H and O–H groups in total. The van der Waals surface area contributed by atoms with Crippen molar-refractivity contribution in [3.63, 3.8) is 0 Å². The van der Waals surface area contributed by atoms with Crippen molar-refractivity contribution in [2.75, 3.05) is 0 Å². The van der Waals surface area contributed by atoms with Crippen LogP contribution >= 0.6 is 0 Å². The van der Waals surface area contributed by atoms with Gasteiger partial charge in [-0.15, -0.1) is 0 Å². The van der Waals surface area contributed by atoms with Crippen LogP contribution < -0.4 is 16.4 Å². The van der Waals surface area contributed by atoms with Gasteiger partial charge in [-0.05, 0) is 35.4 Å². The number of nitrogens with two attached hydrogens (primary N) is 1. The number of halogens is 4. The van der Waals surface area contributed by atoms with E-state index in [1.54, 1.807) is 0 Å². The average Bonchev–Trinajstić information content (AvgIpc) is 2.68. The minimum atomic E-state index is -4.50. The molecule has 0 heterocycles. The molecule has 0 saturated carbocycles. The summed E-state index contributed by atoms with van der Waals surface area (Å²) in [4.78, 5) is 36.0. The molecule has 6 nitrogen and oxygen atoms in total. The highest BCUT2D eigenvalue weighted by molar-refractivity contribution is 5.91. The van der Waals surface area contributed by atoms with Gasteiger partial charge in [0.25, 0.3) is 0 Å². The number of rotatable bonds is 8. The summed E-state index contributed by atoms with van der Waals surface area (Å²) >= 11 is 0. The van der Waals surface area contributed by atoms with Crippen LogP contribution in [0.5, 0.6) is 0 Å². The third-order valence-electron chi connectivity index (χ3n) is 4.43. The summed E-state index contributed by atoms with van der Waals surface area (Å²) in [7, 11) is 0. The Morgan fingerprint density at radius 3 is 1.81 bits per heavy atom. The molecule has 3 amide bonds. The second kappa shape index (κ2) is 10.1. The number of benzene rings is 2. The summed E-state index contributed by atoms with van der Waals surface area (Å²) in [5.74, 6) is -2.57. The fraction of sp³-hybridized carbons (Fsp3) is 0.286. The maximum absolute atomic E-state index is 13.1. The summed E-state index contributed by atoms with van der Waals surface area (Å²) in [6, 6.07) is 7.13. The Morgan fingerprint density at radius 2 is 1.35 bits per heavy atom. The molecule has 0 aliphatic rings. The first kappa shape index (κ1) is 23.8. The maximum Gasteiger partial charge on any atom is 0.416 e. The van der Waals surface area contributed by atoms with Crippen LogP contribution in [0.1, 0.15) is 23.6 Å². The van der Waals surface area contributed by atoms with Crippen LogP contribution in [0.2, 0.25) is 0 Å². The first-order valence-electron chi connectivity index (χ1n) is 9.23. The van der Waals surface area contributed by atoms with Crippen LogP contribution in [0.4, 0.5) is 17.6 Å². The van der Waals surface area contributed by atoms with E-state index in [-0.39, 0.29) is 12.8 Å². The molecule has 2 rings (SSSR count). The highest BCUT2D eigenvalue weighted by atomic mass is 19.4. The third-order valence-corrected chi connectivity index (χ3v) is 4.43. The van der Waals surface area contributed by atoms with Gasteiger partial charge in [-0.1, -0.05) is 24.3 Å². The van der Waals surface area contributed by atoms with Crippen molar-refractivity contribution in [2.24, 2.45) is 5.73 Å². The lowest BCUT2D eigenvalue weighted by Gasteiger charge is -2.22. The third kappa shape index (κ3) is 7.40. The number of nitrogens with one attached hydrogen (secondary N) is 2. The molecule has 2 aromatic rings. The van der Waals surface area contributed by atoms with Gasteiger partial charge in [0.1, 0.15) is 17.9 Å². The zero-order chi connectivity index (χ0) is 23.2. The number of hydrogen-bond donors (Lipinski definition) is 3. The second-order valence-corrected chi connectivity index (χ2v) is 6.95. The molecular weight excluding hydrogens is 418 g/mol. The number of alkyl halides is 3. The highest BCUT2D eigenvalue weighted by Crippen LogP contribution is 2.29. The largest absolute Gasteiger partial charge is 0.416 e. The van der Waals surface area contributed by atoms with Crippen molar-refractivity contribution in [3.8, 4) is 0 Å². The molecule has 0 aliphatic carbocycles. The molecule has 10 heteroatoms. The number of carbonyl (C=O) groups is 3. The van der Waals surface area contributed by atoms with Crippen molar-refractivity contribution < 1.29 is 31.9 Å². The lowest BCUT2D eigenvalue weighted by molar-refractivity contribution is -0.137. The van der Waals surface area contributed by atoms with Gasteiger partial charge in [-0.2, -0.15) is 13.2 Å². The summed E-state index contributed by atoms with van der Waals surface area (Å²) in [6.07, 6.45) is -4.61. The molecule has 0 saturated heterocycles. The van der Waals surface area contributed by atoms with E-state index in [9.17, 15) is 31.9 Å². The van der Waals surface area contributed by atoms with Gasteiger partial charge in [0.05, 0.1) is 5.56 Å². The Morgan fingerprint density at radius 1 is 0.871 bits per heavy atom. The van der Waals surface area contributed by atoms with Gasteiger partial charge in [-0.3, -0.25) is 14.4 Å². The van der Waals surface area contributed by atoms with Crippen molar-refractivity contribution in [1.82, 2.24) is 10.6 Å². The zero-order valence-electron chi connectivity index (χ0n) is 16.5. The van der Waals surface area contributed by atoms with E-state index < -0.39 is 47.4 Å². The van der Waals surface area contributed by atoms with Crippen molar-refractivity contribution in [1.29, 1.82) is 0 Å². The van der Waals surface area contributed by atoms with Gasteiger partial charge < -0.3 is 16.4 Å². The smallest absolute Gasteiger partial charge is 0.368 e. The van der Waals surface area contributed by atoms with Crippen LogP contribution in [0, 0.1) is 5.82 Å². The van der Waals surface area contributed by atoms with Crippen LogP contribution in [-0.4, -0.2) is 29.8 Å².